The molecule has 5 nitrogen and oxygen atoms in total. The molecule has 0 aliphatic heterocycles. The largest absolute Gasteiger partial charge is 0.387 e. The Kier molecular flexibility index (Phi) is 5.78. The van der Waals surface area contributed by atoms with Crippen molar-refractivity contribution in [3.63, 3.8) is 0 Å². The Hall–Kier alpha value is -2.31. The van der Waals surface area contributed by atoms with Gasteiger partial charge in [0.25, 0.3) is 0 Å². The first-order valence-electron chi connectivity index (χ1n) is 7.29. The van der Waals surface area contributed by atoms with E-state index in [4.69, 9.17) is 0 Å². The van der Waals surface area contributed by atoms with Crippen LogP contribution in [0.15, 0.2) is 42.5 Å². The fourth-order valence-electron chi connectivity index (χ4n) is 2.19. The predicted molar refractivity (Wildman–Crippen MR) is 86.5 cm³/mol. The highest BCUT2D eigenvalue weighted by atomic mass is 19.1. The monoisotopic (exact) mass is 317 g/mol. The van der Waals surface area contributed by atoms with Gasteiger partial charge in [-0.15, -0.1) is 0 Å². The van der Waals surface area contributed by atoms with Crippen LogP contribution in [0.25, 0.3) is 0 Å². The lowest BCUT2D eigenvalue weighted by Gasteiger charge is -2.20. The maximum absolute atomic E-state index is 12.9. The van der Waals surface area contributed by atoms with Gasteiger partial charge in [-0.3, -0.25) is 9.69 Å². The smallest absolute Gasteiger partial charge is 0.239 e. The minimum atomic E-state index is -0.787. The standard InChI is InChI=1S/C17H20FN3O2/c1-12-4-3-5-16(19-12)20-17(23)11-21(2)10-15(22)13-6-8-14(18)9-7-13/h3-9,15,22H,10-11H2,1-2H3,(H,19,20,23). The molecule has 2 rings (SSSR count). The highest BCUT2D eigenvalue weighted by Gasteiger charge is 2.14. The van der Waals surface area contributed by atoms with Crippen molar-refractivity contribution in [1.29, 1.82) is 0 Å². The maximum atomic E-state index is 12.9. The second kappa shape index (κ2) is 7.80. The van der Waals surface area contributed by atoms with Crippen LogP contribution in [0.4, 0.5) is 10.2 Å². The topological polar surface area (TPSA) is 65.5 Å². The van der Waals surface area contributed by atoms with Gasteiger partial charge in [0, 0.05) is 12.2 Å². The lowest BCUT2D eigenvalue weighted by molar-refractivity contribution is -0.117. The molecule has 6 heteroatoms. The molecule has 1 unspecified atom stereocenters. The molecule has 0 saturated heterocycles. The molecule has 0 fully saturated rings. The zero-order valence-electron chi connectivity index (χ0n) is 13.2. The number of amides is 1. The molecular weight excluding hydrogens is 297 g/mol. The van der Waals surface area contributed by atoms with E-state index in [0.717, 1.165) is 5.69 Å². The van der Waals surface area contributed by atoms with Crippen molar-refractivity contribution in [2.24, 2.45) is 0 Å². The summed E-state index contributed by atoms with van der Waals surface area (Å²) in [5.74, 6) is -0.0567. The zero-order chi connectivity index (χ0) is 16.8. The number of aromatic nitrogens is 1. The number of hydrogen-bond acceptors (Lipinski definition) is 4. The maximum Gasteiger partial charge on any atom is 0.239 e. The third-order valence-corrected chi connectivity index (χ3v) is 3.31. The van der Waals surface area contributed by atoms with Crippen molar-refractivity contribution in [2.75, 3.05) is 25.5 Å². The summed E-state index contributed by atoms with van der Waals surface area (Å²) in [4.78, 5) is 17.9. The first kappa shape index (κ1) is 17.1. The number of carbonyl (C=O) groups excluding carboxylic acids is 1. The second-order valence-electron chi connectivity index (χ2n) is 5.48. The minimum Gasteiger partial charge on any atom is -0.387 e. The predicted octanol–water partition coefficient (Wildman–Crippen LogP) is 2.13. The van der Waals surface area contributed by atoms with Gasteiger partial charge in [-0.2, -0.15) is 0 Å². The number of likely N-dealkylation sites (N-methyl/N-ethyl adjacent to an activating group) is 1. The van der Waals surface area contributed by atoms with Crippen molar-refractivity contribution < 1.29 is 14.3 Å². The van der Waals surface area contributed by atoms with Gasteiger partial charge < -0.3 is 10.4 Å². The van der Waals surface area contributed by atoms with Gasteiger partial charge in [-0.1, -0.05) is 18.2 Å². The van der Waals surface area contributed by atoms with Crippen LogP contribution in [-0.2, 0) is 4.79 Å². The first-order chi connectivity index (χ1) is 10.9. The van der Waals surface area contributed by atoms with Crippen LogP contribution in [0.3, 0.4) is 0 Å². The molecule has 0 bridgehead atoms. The van der Waals surface area contributed by atoms with E-state index in [0.29, 0.717) is 11.4 Å². The van der Waals surface area contributed by atoms with Crippen LogP contribution in [0, 0.1) is 12.7 Å². The number of nitrogens with zero attached hydrogens (tertiary/aromatic N) is 2. The van der Waals surface area contributed by atoms with Gasteiger partial charge in [0.15, 0.2) is 0 Å². The van der Waals surface area contributed by atoms with Crippen LogP contribution < -0.4 is 5.32 Å². The molecule has 23 heavy (non-hydrogen) atoms. The van der Waals surface area contributed by atoms with Crippen LogP contribution in [0.1, 0.15) is 17.4 Å². The van der Waals surface area contributed by atoms with Crippen LogP contribution in [0.5, 0.6) is 0 Å². The second-order valence-corrected chi connectivity index (χ2v) is 5.48. The summed E-state index contributed by atoms with van der Waals surface area (Å²) in [6, 6.07) is 11.1. The molecule has 1 amide bonds. The quantitative estimate of drug-likeness (QED) is 0.857. The van der Waals surface area contributed by atoms with Crippen molar-refractivity contribution in [1.82, 2.24) is 9.88 Å². The number of carbonyl (C=O) groups is 1. The van der Waals surface area contributed by atoms with E-state index in [1.54, 1.807) is 18.0 Å². The summed E-state index contributed by atoms with van der Waals surface area (Å²) in [6.45, 7) is 2.23. The summed E-state index contributed by atoms with van der Waals surface area (Å²) < 4.78 is 12.9. The van der Waals surface area contributed by atoms with Crippen molar-refractivity contribution in [2.45, 2.75) is 13.0 Å². The normalized spacial score (nSPS) is 12.2. The highest BCUT2D eigenvalue weighted by Crippen LogP contribution is 2.14. The molecule has 122 valence electrons. The Labute approximate surface area is 134 Å². The molecule has 0 radical (unpaired) electrons. The highest BCUT2D eigenvalue weighted by molar-refractivity contribution is 5.91. The SMILES string of the molecule is Cc1cccc(NC(=O)CN(C)CC(O)c2ccc(F)cc2)n1. The Bertz CT molecular complexity index is 661. The van der Waals surface area contributed by atoms with Crippen molar-refractivity contribution in [3.05, 3.63) is 59.5 Å². The molecule has 1 heterocycles. The molecule has 1 aromatic carbocycles. The minimum absolute atomic E-state index is 0.119. The molecule has 1 atom stereocenters. The molecule has 2 N–H and O–H groups in total. The average molecular weight is 317 g/mol. The lowest BCUT2D eigenvalue weighted by atomic mass is 10.1. The van der Waals surface area contributed by atoms with Crippen molar-refractivity contribution >= 4 is 11.7 Å². The number of hydrogen-bond donors (Lipinski definition) is 2. The number of aliphatic hydroxyl groups is 1. The third-order valence-electron chi connectivity index (χ3n) is 3.31. The first-order valence-corrected chi connectivity index (χ1v) is 7.29. The number of aliphatic hydroxyl groups excluding tert-OH is 1. The summed E-state index contributed by atoms with van der Waals surface area (Å²) in [6.07, 6.45) is -0.787. The molecule has 0 saturated carbocycles. The van der Waals surface area contributed by atoms with E-state index in [2.05, 4.69) is 10.3 Å². The Morgan fingerprint density at radius 3 is 2.65 bits per heavy atom. The number of rotatable bonds is 6. The van der Waals surface area contributed by atoms with Crippen LogP contribution in [-0.4, -0.2) is 41.0 Å². The van der Waals surface area contributed by atoms with Crippen molar-refractivity contribution in [3.8, 4) is 0 Å². The average Bonchev–Trinajstić information content (AvgIpc) is 2.47. The number of pyridine rings is 1. The Morgan fingerprint density at radius 1 is 1.30 bits per heavy atom. The number of halogens is 1. The summed E-state index contributed by atoms with van der Waals surface area (Å²) in [5, 5.41) is 12.8. The Balaban J connectivity index is 1.85. The molecule has 0 aliphatic rings. The zero-order valence-corrected chi connectivity index (χ0v) is 13.2. The van der Waals surface area contributed by atoms with Gasteiger partial charge in [-0.25, -0.2) is 9.37 Å². The molecule has 0 spiro atoms. The van der Waals surface area contributed by atoms with Crippen LogP contribution in [0.2, 0.25) is 0 Å². The number of aryl methyl sites for hydroxylation is 1. The summed E-state index contributed by atoms with van der Waals surface area (Å²) in [5.41, 5.74) is 1.43. The number of nitrogens with one attached hydrogen (secondary N) is 1. The van der Waals surface area contributed by atoms with E-state index < -0.39 is 6.10 Å². The third kappa shape index (κ3) is 5.43. The van der Waals surface area contributed by atoms with Gasteiger partial charge in [0.05, 0.1) is 12.6 Å². The fraction of sp³-hybridized carbons (Fsp3) is 0.294. The number of anilines is 1. The van der Waals surface area contributed by atoms with E-state index in [-0.39, 0.29) is 24.8 Å². The lowest BCUT2D eigenvalue weighted by Crippen LogP contribution is -2.33. The summed E-state index contributed by atoms with van der Waals surface area (Å²) >= 11 is 0. The van der Waals surface area contributed by atoms with Gasteiger partial charge in [-0.05, 0) is 43.8 Å². The Morgan fingerprint density at radius 2 is 2.00 bits per heavy atom. The van der Waals surface area contributed by atoms with E-state index in [9.17, 15) is 14.3 Å². The van der Waals surface area contributed by atoms with E-state index >= 15 is 0 Å². The number of benzene rings is 1. The fourth-order valence-corrected chi connectivity index (χ4v) is 2.19. The molecular formula is C17H20FN3O2. The van der Waals surface area contributed by atoms with E-state index in [1.807, 2.05) is 19.1 Å². The summed E-state index contributed by atoms with van der Waals surface area (Å²) in [7, 11) is 1.73. The van der Waals surface area contributed by atoms with Crippen LogP contribution >= 0.6 is 0 Å². The van der Waals surface area contributed by atoms with E-state index in [1.165, 1.54) is 24.3 Å². The molecule has 1 aromatic heterocycles. The molecule has 0 aliphatic carbocycles. The molecule has 2 aromatic rings. The van der Waals surface area contributed by atoms with Gasteiger partial charge in [0.1, 0.15) is 11.6 Å². The van der Waals surface area contributed by atoms with Gasteiger partial charge >= 0.3 is 0 Å². The van der Waals surface area contributed by atoms with Gasteiger partial charge in [0.2, 0.25) is 5.91 Å².